The Morgan fingerprint density at radius 1 is 0.970 bits per heavy atom. The molecule has 1 aromatic heterocycles. The van der Waals surface area contributed by atoms with E-state index in [0.29, 0.717) is 45.9 Å². The number of piperazine rings is 1. The normalized spacial score (nSPS) is 17.7. The van der Waals surface area contributed by atoms with E-state index in [1.54, 1.807) is 18.4 Å². The summed E-state index contributed by atoms with van der Waals surface area (Å²) in [4.78, 5) is 35.1. The average Bonchev–Trinajstić information content (AvgIpc) is 3.38. The molecule has 9 heteroatoms. The van der Waals surface area contributed by atoms with Crippen molar-refractivity contribution >= 4 is 28.8 Å². The number of thiophene rings is 1. The number of hydrogen-bond donors (Lipinski definition) is 0. The molecule has 2 aliphatic rings. The summed E-state index contributed by atoms with van der Waals surface area (Å²) in [6.45, 7) is 7.09. The Kier molecular flexibility index (Phi) is 8.33. The first kappa shape index (κ1) is 23.7. The van der Waals surface area contributed by atoms with Crippen molar-refractivity contribution in [3.63, 3.8) is 0 Å². The molecule has 2 amide bonds. The Bertz CT molecular complexity index is 892. The van der Waals surface area contributed by atoms with Crippen LogP contribution in [0, 0.1) is 0 Å². The molecule has 33 heavy (non-hydrogen) atoms. The Morgan fingerprint density at radius 3 is 2.24 bits per heavy atom. The zero-order chi connectivity index (χ0) is 23.0. The monoisotopic (exact) mass is 472 g/mol. The quantitative estimate of drug-likeness (QED) is 0.584. The number of ether oxygens (including phenoxy) is 2. The molecule has 2 fully saturated rings. The van der Waals surface area contributed by atoms with Gasteiger partial charge in [0, 0.05) is 49.8 Å². The fourth-order valence-corrected chi connectivity index (χ4v) is 4.82. The molecule has 2 saturated heterocycles. The average molecular weight is 473 g/mol. The summed E-state index contributed by atoms with van der Waals surface area (Å²) in [6.07, 6.45) is 0. The lowest BCUT2D eigenvalue weighted by Gasteiger charge is -2.36. The van der Waals surface area contributed by atoms with Crippen LogP contribution in [0.1, 0.15) is 4.88 Å². The van der Waals surface area contributed by atoms with Crippen LogP contribution in [-0.2, 0) is 20.9 Å². The van der Waals surface area contributed by atoms with Gasteiger partial charge in [-0.05, 0) is 35.7 Å². The number of carbonyl (C=O) groups is 2. The van der Waals surface area contributed by atoms with Crippen LogP contribution in [0.5, 0.6) is 5.75 Å². The second-order valence-corrected chi connectivity index (χ2v) is 9.33. The van der Waals surface area contributed by atoms with Crippen LogP contribution < -0.4 is 9.64 Å². The predicted molar refractivity (Wildman–Crippen MR) is 129 cm³/mol. The first-order valence-electron chi connectivity index (χ1n) is 11.4. The first-order chi connectivity index (χ1) is 16.1. The summed E-state index contributed by atoms with van der Waals surface area (Å²) < 4.78 is 10.6. The summed E-state index contributed by atoms with van der Waals surface area (Å²) in [5, 5.41) is 2.03. The van der Waals surface area contributed by atoms with Crippen molar-refractivity contribution in [1.82, 2.24) is 14.7 Å². The van der Waals surface area contributed by atoms with E-state index in [1.165, 1.54) is 0 Å². The first-order valence-corrected chi connectivity index (χ1v) is 12.3. The molecule has 0 aliphatic carbocycles. The van der Waals surface area contributed by atoms with Crippen LogP contribution in [0.15, 0.2) is 41.8 Å². The molecule has 3 heterocycles. The number of nitrogens with zero attached hydrogens (tertiary/aromatic N) is 4. The minimum atomic E-state index is 0.0754. The number of benzene rings is 1. The standard InChI is InChI=1S/C24H32N4O4S/c1-31-21-6-4-20(5-7-21)28(17-22-3-2-16-33-22)24(30)19-26-10-8-25(9-11-26)18-23(29)27-12-14-32-15-13-27/h2-7,16H,8-15,17-19H2,1H3. The van der Waals surface area contributed by atoms with E-state index in [1.807, 2.05) is 45.5 Å². The van der Waals surface area contributed by atoms with Crippen molar-refractivity contribution in [2.45, 2.75) is 6.54 Å². The Morgan fingerprint density at radius 2 is 1.64 bits per heavy atom. The van der Waals surface area contributed by atoms with Gasteiger partial charge >= 0.3 is 0 Å². The number of hydrogen-bond acceptors (Lipinski definition) is 7. The van der Waals surface area contributed by atoms with E-state index < -0.39 is 0 Å². The molecule has 1 aromatic carbocycles. The van der Waals surface area contributed by atoms with Crippen LogP contribution >= 0.6 is 11.3 Å². The molecule has 2 aromatic rings. The summed E-state index contributed by atoms with van der Waals surface area (Å²) in [6, 6.07) is 11.7. The van der Waals surface area contributed by atoms with Gasteiger partial charge in [0.2, 0.25) is 11.8 Å². The van der Waals surface area contributed by atoms with E-state index in [-0.39, 0.29) is 11.8 Å². The molecular formula is C24H32N4O4S. The fourth-order valence-electron chi connectivity index (χ4n) is 4.13. The third-order valence-electron chi connectivity index (χ3n) is 6.13. The van der Waals surface area contributed by atoms with E-state index >= 15 is 0 Å². The van der Waals surface area contributed by atoms with E-state index in [4.69, 9.17) is 9.47 Å². The Balaban J connectivity index is 1.31. The van der Waals surface area contributed by atoms with Crippen molar-refractivity contribution in [1.29, 1.82) is 0 Å². The van der Waals surface area contributed by atoms with Gasteiger partial charge in [-0.3, -0.25) is 19.4 Å². The third kappa shape index (κ3) is 6.54. The van der Waals surface area contributed by atoms with Crippen LogP contribution in [0.25, 0.3) is 0 Å². The van der Waals surface area contributed by atoms with Gasteiger partial charge in [0.1, 0.15) is 5.75 Å². The van der Waals surface area contributed by atoms with Crippen LogP contribution in [0.2, 0.25) is 0 Å². The van der Waals surface area contributed by atoms with Crippen LogP contribution in [-0.4, -0.2) is 99.2 Å². The molecule has 4 rings (SSSR count). The van der Waals surface area contributed by atoms with Crippen molar-refractivity contribution in [3.8, 4) is 5.75 Å². The Labute approximate surface area is 199 Å². The van der Waals surface area contributed by atoms with Gasteiger partial charge in [0.15, 0.2) is 0 Å². The van der Waals surface area contributed by atoms with E-state index in [2.05, 4.69) is 15.9 Å². The van der Waals surface area contributed by atoms with E-state index in [0.717, 1.165) is 42.5 Å². The van der Waals surface area contributed by atoms with Gasteiger partial charge in [-0.15, -0.1) is 11.3 Å². The summed E-state index contributed by atoms with van der Waals surface area (Å²) in [7, 11) is 1.64. The highest BCUT2D eigenvalue weighted by molar-refractivity contribution is 7.09. The summed E-state index contributed by atoms with van der Waals surface area (Å²) in [5.41, 5.74) is 0.865. The topological polar surface area (TPSA) is 65.6 Å². The third-order valence-corrected chi connectivity index (χ3v) is 6.99. The van der Waals surface area contributed by atoms with Gasteiger partial charge in [-0.25, -0.2) is 0 Å². The lowest BCUT2D eigenvalue weighted by atomic mass is 10.2. The highest BCUT2D eigenvalue weighted by atomic mass is 32.1. The van der Waals surface area contributed by atoms with Crippen LogP contribution in [0.4, 0.5) is 5.69 Å². The molecule has 0 bridgehead atoms. The van der Waals surface area contributed by atoms with Gasteiger partial charge in [-0.1, -0.05) is 6.07 Å². The maximum atomic E-state index is 13.3. The molecule has 0 atom stereocenters. The van der Waals surface area contributed by atoms with Gasteiger partial charge in [-0.2, -0.15) is 0 Å². The molecule has 0 radical (unpaired) electrons. The number of rotatable bonds is 8. The molecule has 8 nitrogen and oxygen atoms in total. The highest BCUT2D eigenvalue weighted by Gasteiger charge is 2.25. The molecule has 2 aliphatic heterocycles. The maximum absolute atomic E-state index is 13.3. The summed E-state index contributed by atoms with van der Waals surface area (Å²) in [5.74, 6) is 1.01. The Hall–Kier alpha value is -2.46. The molecular weight excluding hydrogens is 440 g/mol. The lowest BCUT2D eigenvalue weighted by Crippen LogP contribution is -2.53. The van der Waals surface area contributed by atoms with Crippen molar-refractivity contribution < 1.29 is 19.1 Å². The zero-order valence-corrected chi connectivity index (χ0v) is 20.0. The van der Waals surface area contributed by atoms with Gasteiger partial charge in [0.25, 0.3) is 0 Å². The molecule has 0 spiro atoms. The minimum Gasteiger partial charge on any atom is -0.497 e. The molecule has 0 N–H and O–H groups in total. The van der Waals surface area contributed by atoms with Crippen molar-refractivity contribution in [2.75, 3.05) is 77.6 Å². The highest BCUT2D eigenvalue weighted by Crippen LogP contribution is 2.23. The molecule has 178 valence electrons. The number of amides is 2. The SMILES string of the molecule is COc1ccc(N(Cc2cccs2)C(=O)CN2CCN(CC(=O)N3CCOCC3)CC2)cc1. The lowest BCUT2D eigenvalue weighted by molar-refractivity contribution is -0.137. The fraction of sp³-hybridized carbons (Fsp3) is 0.500. The van der Waals surface area contributed by atoms with Gasteiger partial charge < -0.3 is 19.3 Å². The number of anilines is 1. The molecule has 0 unspecified atom stereocenters. The zero-order valence-electron chi connectivity index (χ0n) is 19.1. The summed E-state index contributed by atoms with van der Waals surface area (Å²) >= 11 is 1.65. The van der Waals surface area contributed by atoms with Crippen LogP contribution in [0.3, 0.4) is 0 Å². The second-order valence-electron chi connectivity index (χ2n) is 8.30. The maximum Gasteiger partial charge on any atom is 0.241 e. The minimum absolute atomic E-state index is 0.0754. The smallest absolute Gasteiger partial charge is 0.241 e. The largest absolute Gasteiger partial charge is 0.497 e. The van der Waals surface area contributed by atoms with Crippen molar-refractivity contribution in [3.05, 3.63) is 46.7 Å². The predicted octanol–water partition coefficient (Wildman–Crippen LogP) is 1.77. The second kappa shape index (κ2) is 11.6. The number of carbonyl (C=O) groups excluding carboxylic acids is 2. The van der Waals surface area contributed by atoms with Crippen molar-refractivity contribution in [2.24, 2.45) is 0 Å². The van der Waals surface area contributed by atoms with Gasteiger partial charge in [0.05, 0.1) is 40.0 Å². The van der Waals surface area contributed by atoms with E-state index in [9.17, 15) is 9.59 Å². The molecule has 0 saturated carbocycles. The number of morpholine rings is 1. The number of methoxy groups -OCH3 is 1.